The van der Waals surface area contributed by atoms with Crippen LogP contribution in [0, 0.1) is 0 Å². The number of fused-ring (bicyclic) bond motifs is 2. The zero-order valence-corrected chi connectivity index (χ0v) is 22.0. The molecular formula is C27H30ClIN2. The average molecular weight is 545 g/mol. The van der Waals surface area contributed by atoms with E-state index in [0.717, 1.165) is 5.03 Å². The van der Waals surface area contributed by atoms with Crippen LogP contribution < -0.4 is 28.9 Å². The summed E-state index contributed by atoms with van der Waals surface area (Å²) in [6, 6.07) is 17.2. The summed E-state index contributed by atoms with van der Waals surface area (Å²) in [7, 11) is 4.25. The van der Waals surface area contributed by atoms with Gasteiger partial charge in [-0.15, -0.1) is 0 Å². The molecule has 31 heavy (non-hydrogen) atoms. The fourth-order valence-electron chi connectivity index (χ4n) is 4.98. The van der Waals surface area contributed by atoms with Crippen LogP contribution in [0.3, 0.4) is 0 Å². The Bertz CT molecular complexity index is 1140. The predicted molar refractivity (Wildman–Crippen MR) is 129 cm³/mol. The van der Waals surface area contributed by atoms with Crippen LogP contribution in [0.5, 0.6) is 0 Å². The molecule has 2 aromatic carbocycles. The van der Waals surface area contributed by atoms with Gasteiger partial charge in [0.1, 0.15) is 7.05 Å². The molecule has 0 atom stereocenters. The fraction of sp³-hybridized carbons (Fsp3) is 0.296. The Balaban J connectivity index is 0.00000272. The number of halogens is 2. The lowest BCUT2D eigenvalue weighted by atomic mass is 9.81. The smallest absolute Gasteiger partial charge is 0.209 e. The van der Waals surface area contributed by atoms with E-state index in [2.05, 4.69) is 112 Å². The van der Waals surface area contributed by atoms with E-state index in [9.17, 15) is 0 Å². The summed E-state index contributed by atoms with van der Waals surface area (Å²) >= 11 is 6.62. The van der Waals surface area contributed by atoms with Gasteiger partial charge in [-0.3, -0.25) is 0 Å². The topological polar surface area (TPSA) is 6.25 Å². The highest BCUT2D eigenvalue weighted by Crippen LogP contribution is 2.46. The molecule has 0 saturated carbocycles. The van der Waals surface area contributed by atoms with Crippen LogP contribution in [0.15, 0.2) is 83.6 Å². The first-order valence-electron chi connectivity index (χ1n) is 10.5. The van der Waals surface area contributed by atoms with Gasteiger partial charge in [0, 0.05) is 46.6 Å². The summed E-state index contributed by atoms with van der Waals surface area (Å²) in [6.45, 7) is 9.06. The number of likely N-dealkylation sites (N-methyl/N-ethyl adjacent to an activating group) is 1. The Hall–Kier alpha value is -1.85. The minimum Gasteiger partial charge on any atom is -1.00 e. The number of para-hydroxylation sites is 2. The van der Waals surface area contributed by atoms with Gasteiger partial charge in [0.15, 0.2) is 5.71 Å². The maximum absolute atomic E-state index is 6.62. The average Bonchev–Trinajstić information content (AvgIpc) is 3.04. The summed E-state index contributed by atoms with van der Waals surface area (Å²) in [5.41, 5.74) is 7.61. The van der Waals surface area contributed by atoms with Gasteiger partial charge in [0.2, 0.25) is 5.69 Å². The first kappa shape index (κ1) is 23.8. The van der Waals surface area contributed by atoms with Crippen molar-refractivity contribution in [3.63, 3.8) is 0 Å². The lowest BCUT2D eigenvalue weighted by Crippen LogP contribution is -3.00. The Morgan fingerprint density at radius 1 is 0.935 bits per heavy atom. The van der Waals surface area contributed by atoms with Gasteiger partial charge in [-0.05, 0) is 43.7 Å². The van der Waals surface area contributed by atoms with Gasteiger partial charge in [-0.1, -0.05) is 61.8 Å². The van der Waals surface area contributed by atoms with Crippen molar-refractivity contribution in [3.8, 4) is 0 Å². The number of benzene rings is 2. The second-order valence-corrected chi connectivity index (χ2v) is 9.66. The molecule has 2 nitrogen and oxygen atoms in total. The van der Waals surface area contributed by atoms with E-state index in [1.165, 1.54) is 33.9 Å². The number of nitrogens with zero attached hydrogens (tertiary/aromatic N) is 2. The first-order chi connectivity index (χ1) is 14.2. The number of anilines is 1. The van der Waals surface area contributed by atoms with Crippen molar-refractivity contribution in [1.29, 1.82) is 0 Å². The molecule has 2 aliphatic heterocycles. The van der Waals surface area contributed by atoms with E-state index in [0.29, 0.717) is 0 Å². The van der Waals surface area contributed by atoms with Crippen LogP contribution in [-0.4, -0.2) is 24.4 Å². The molecule has 0 aliphatic carbocycles. The van der Waals surface area contributed by atoms with E-state index in [-0.39, 0.29) is 34.8 Å². The molecule has 0 spiro atoms. The molecular weight excluding hydrogens is 515 g/mol. The molecule has 4 rings (SSSR count). The van der Waals surface area contributed by atoms with Crippen molar-refractivity contribution < 1.29 is 28.6 Å². The van der Waals surface area contributed by atoms with Gasteiger partial charge < -0.3 is 28.9 Å². The van der Waals surface area contributed by atoms with Crippen molar-refractivity contribution in [2.45, 2.75) is 38.5 Å². The number of allylic oxidation sites excluding steroid dienone is 6. The van der Waals surface area contributed by atoms with Crippen LogP contribution in [-0.2, 0) is 10.8 Å². The highest BCUT2D eigenvalue weighted by atomic mass is 127. The van der Waals surface area contributed by atoms with E-state index in [1.54, 1.807) is 0 Å². The van der Waals surface area contributed by atoms with E-state index >= 15 is 0 Å². The summed E-state index contributed by atoms with van der Waals surface area (Å²) in [5, 5.41) is 0.718. The summed E-state index contributed by atoms with van der Waals surface area (Å²) in [6.07, 6.45) is 8.31. The van der Waals surface area contributed by atoms with Crippen molar-refractivity contribution in [1.82, 2.24) is 0 Å². The van der Waals surface area contributed by atoms with Crippen LogP contribution >= 0.6 is 11.6 Å². The molecule has 0 radical (unpaired) electrons. The molecule has 0 fully saturated rings. The molecule has 162 valence electrons. The number of rotatable bonds is 3. The minimum absolute atomic E-state index is 0. The van der Waals surface area contributed by atoms with Crippen LogP contribution in [0.25, 0.3) is 0 Å². The van der Waals surface area contributed by atoms with Gasteiger partial charge >= 0.3 is 0 Å². The molecule has 0 unspecified atom stereocenters. The summed E-state index contributed by atoms with van der Waals surface area (Å²) in [5.74, 6) is 0. The van der Waals surface area contributed by atoms with Gasteiger partial charge in [-0.2, -0.15) is 4.58 Å². The second kappa shape index (κ2) is 8.59. The van der Waals surface area contributed by atoms with Crippen molar-refractivity contribution in [2.75, 3.05) is 19.0 Å². The summed E-state index contributed by atoms with van der Waals surface area (Å²) < 4.78 is 2.26. The third kappa shape index (κ3) is 3.91. The zero-order valence-electron chi connectivity index (χ0n) is 19.1. The van der Waals surface area contributed by atoms with Gasteiger partial charge in [-0.25, -0.2) is 0 Å². The Labute approximate surface area is 208 Å². The highest BCUT2D eigenvalue weighted by Gasteiger charge is 2.42. The Morgan fingerprint density at radius 2 is 1.55 bits per heavy atom. The highest BCUT2D eigenvalue weighted by molar-refractivity contribution is 6.31. The largest absolute Gasteiger partial charge is 1.00 e. The zero-order chi connectivity index (χ0) is 21.7. The van der Waals surface area contributed by atoms with E-state index in [4.69, 9.17) is 11.6 Å². The SMILES string of the molecule is CN1\C(=C/C=C(Cl)/C=C/C2=[N+](C)c3ccccc3C2(C)C)C(C)(C)c2ccccc21.[I-]. The molecule has 0 aromatic heterocycles. The summed E-state index contributed by atoms with van der Waals surface area (Å²) in [4.78, 5) is 2.26. The number of hydrogen-bond donors (Lipinski definition) is 0. The van der Waals surface area contributed by atoms with Crippen LogP contribution in [0.4, 0.5) is 11.4 Å². The van der Waals surface area contributed by atoms with Crippen LogP contribution in [0.2, 0.25) is 0 Å². The maximum atomic E-state index is 6.62. The lowest BCUT2D eigenvalue weighted by molar-refractivity contribution is -0.401. The van der Waals surface area contributed by atoms with Crippen molar-refractivity contribution >= 4 is 28.7 Å². The monoisotopic (exact) mass is 544 g/mol. The van der Waals surface area contributed by atoms with Crippen molar-refractivity contribution in [2.24, 2.45) is 0 Å². The van der Waals surface area contributed by atoms with Crippen molar-refractivity contribution in [3.05, 3.63) is 94.7 Å². The van der Waals surface area contributed by atoms with Gasteiger partial charge in [0.05, 0.1) is 5.41 Å². The molecule has 0 bridgehead atoms. The fourth-order valence-corrected chi connectivity index (χ4v) is 5.10. The lowest BCUT2D eigenvalue weighted by Gasteiger charge is -2.23. The van der Waals surface area contributed by atoms with Crippen LogP contribution in [0.1, 0.15) is 38.8 Å². The standard InChI is InChI=1S/C27H30ClN2.HI/c1-26(2)20-11-7-9-13-22(20)29(5)24(26)17-15-19(28)16-18-25-27(3,4)21-12-8-10-14-23(21)30(25)6;/h7-18H,1-6H3;1H/q+1;/p-1. The Kier molecular flexibility index (Phi) is 6.60. The predicted octanol–water partition coefficient (Wildman–Crippen LogP) is 3.69. The number of hydrogen-bond acceptors (Lipinski definition) is 1. The molecule has 0 amide bonds. The molecule has 2 aromatic rings. The minimum atomic E-state index is -0.0488. The maximum Gasteiger partial charge on any atom is 0.209 e. The molecule has 0 saturated heterocycles. The van der Waals surface area contributed by atoms with E-state index < -0.39 is 0 Å². The second-order valence-electron chi connectivity index (χ2n) is 9.22. The van der Waals surface area contributed by atoms with Gasteiger partial charge in [0.25, 0.3) is 0 Å². The Morgan fingerprint density at radius 3 is 2.19 bits per heavy atom. The first-order valence-corrected chi connectivity index (χ1v) is 10.8. The third-order valence-electron chi connectivity index (χ3n) is 6.68. The van der Waals surface area contributed by atoms with E-state index in [1.807, 2.05) is 12.2 Å². The molecule has 4 heteroatoms. The molecule has 0 N–H and O–H groups in total. The normalized spacial score (nSPS) is 20.3. The quantitative estimate of drug-likeness (QED) is 0.325. The molecule has 2 aliphatic rings. The molecule has 2 heterocycles. The third-order valence-corrected chi connectivity index (χ3v) is 6.93.